The van der Waals surface area contributed by atoms with Crippen molar-refractivity contribution >= 4 is 10.0 Å². The van der Waals surface area contributed by atoms with Gasteiger partial charge in [-0.05, 0) is 62.1 Å². The van der Waals surface area contributed by atoms with Gasteiger partial charge >= 0.3 is 0 Å². The van der Waals surface area contributed by atoms with Gasteiger partial charge in [-0.2, -0.15) is 0 Å². The second-order valence-electron chi connectivity index (χ2n) is 6.44. The Morgan fingerprint density at radius 2 is 1.56 bits per heavy atom. The van der Waals surface area contributed by atoms with E-state index in [-0.39, 0.29) is 10.9 Å². The van der Waals surface area contributed by atoms with Crippen LogP contribution in [0.1, 0.15) is 35.2 Å². The number of fused-ring (bicyclic) bond motifs is 1. The summed E-state index contributed by atoms with van der Waals surface area (Å²) < 4.78 is 39.2. The second kappa shape index (κ2) is 6.69. The molecule has 3 rings (SSSR count). The van der Waals surface area contributed by atoms with Crippen molar-refractivity contribution in [2.75, 3.05) is 13.2 Å². The predicted octanol–water partition coefficient (Wildman–Crippen LogP) is 3.42. The highest BCUT2D eigenvalue weighted by atomic mass is 32.2. The van der Waals surface area contributed by atoms with E-state index in [0.29, 0.717) is 24.7 Å². The van der Waals surface area contributed by atoms with Gasteiger partial charge in [0.2, 0.25) is 10.0 Å². The van der Waals surface area contributed by atoms with Crippen molar-refractivity contribution in [2.45, 2.75) is 38.6 Å². The van der Waals surface area contributed by atoms with Gasteiger partial charge in [0.05, 0.1) is 4.90 Å². The summed E-state index contributed by atoms with van der Waals surface area (Å²) in [5.74, 6) is 1.03. The summed E-state index contributed by atoms with van der Waals surface area (Å²) in [6, 6.07) is 8.47. The molecule has 0 spiro atoms. The molecule has 1 atom stereocenters. The van der Waals surface area contributed by atoms with Crippen LogP contribution in [0.2, 0.25) is 0 Å². The number of nitrogens with one attached hydrogen (secondary N) is 1. The zero-order valence-corrected chi connectivity index (χ0v) is 15.7. The van der Waals surface area contributed by atoms with Crippen LogP contribution < -0.4 is 14.2 Å². The maximum absolute atomic E-state index is 12.8. The Balaban J connectivity index is 1.87. The Morgan fingerprint density at radius 3 is 2.28 bits per heavy atom. The maximum Gasteiger partial charge on any atom is 0.241 e. The number of hydrogen-bond acceptors (Lipinski definition) is 4. The largest absolute Gasteiger partial charge is 0.486 e. The zero-order chi connectivity index (χ0) is 18.2. The lowest BCUT2D eigenvalue weighted by Crippen LogP contribution is -2.27. The quantitative estimate of drug-likeness (QED) is 0.906. The molecule has 2 aromatic rings. The molecule has 25 heavy (non-hydrogen) atoms. The highest BCUT2D eigenvalue weighted by Crippen LogP contribution is 2.32. The molecule has 0 saturated heterocycles. The average Bonchev–Trinajstić information content (AvgIpc) is 2.57. The van der Waals surface area contributed by atoms with Gasteiger partial charge in [0.1, 0.15) is 13.2 Å². The maximum atomic E-state index is 12.8. The third-order valence-electron chi connectivity index (χ3n) is 4.50. The third-order valence-corrected chi connectivity index (χ3v) is 6.04. The molecule has 0 bridgehead atoms. The van der Waals surface area contributed by atoms with E-state index in [0.717, 1.165) is 16.7 Å². The van der Waals surface area contributed by atoms with Crippen molar-refractivity contribution in [3.05, 3.63) is 52.6 Å². The summed E-state index contributed by atoms with van der Waals surface area (Å²) in [6.07, 6.45) is 0. The molecule has 0 amide bonds. The molecule has 5 nitrogen and oxygen atoms in total. The van der Waals surface area contributed by atoms with Crippen LogP contribution in [0.25, 0.3) is 0 Å². The lowest BCUT2D eigenvalue weighted by molar-refractivity contribution is 0.171. The number of rotatable bonds is 4. The molecule has 0 aliphatic carbocycles. The summed E-state index contributed by atoms with van der Waals surface area (Å²) >= 11 is 0. The summed E-state index contributed by atoms with van der Waals surface area (Å²) in [5.41, 5.74) is 4.39. The smallest absolute Gasteiger partial charge is 0.241 e. The normalized spacial score (nSPS) is 15.0. The van der Waals surface area contributed by atoms with E-state index >= 15 is 0 Å². The molecule has 1 N–H and O–H groups in total. The van der Waals surface area contributed by atoms with Crippen molar-refractivity contribution in [2.24, 2.45) is 0 Å². The molecule has 134 valence electrons. The fourth-order valence-electron chi connectivity index (χ4n) is 3.00. The first kappa shape index (κ1) is 17.8. The Morgan fingerprint density at radius 1 is 0.920 bits per heavy atom. The van der Waals surface area contributed by atoms with Gasteiger partial charge in [-0.1, -0.05) is 12.1 Å². The number of sulfonamides is 1. The van der Waals surface area contributed by atoms with Gasteiger partial charge in [0, 0.05) is 12.1 Å². The molecule has 0 unspecified atom stereocenters. The molecule has 6 heteroatoms. The molecule has 0 aromatic heterocycles. The highest BCUT2D eigenvalue weighted by molar-refractivity contribution is 7.89. The van der Waals surface area contributed by atoms with Crippen molar-refractivity contribution < 1.29 is 17.9 Å². The first-order chi connectivity index (χ1) is 11.8. The Hall–Kier alpha value is -2.05. The van der Waals surface area contributed by atoms with Crippen LogP contribution in [0, 0.1) is 20.8 Å². The lowest BCUT2D eigenvalue weighted by atomic mass is 9.97. The molecule has 0 saturated carbocycles. The van der Waals surface area contributed by atoms with Gasteiger partial charge in [0.15, 0.2) is 11.5 Å². The number of aryl methyl sites for hydroxylation is 3. The van der Waals surface area contributed by atoms with Gasteiger partial charge < -0.3 is 9.47 Å². The first-order valence-electron chi connectivity index (χ1n) is 8.27. The van der Waals surface area contributed by atoms with Crippen LogP contribution >= 0.6 is 0 Å². The van der Waals surface area contributed by atoms with E-state index in [2.05, 4.69) is 17.7 Å². The van der Waals surface area contributed by atoms with E-state index < -0.39 is 10.0 Å². The summed E-state index contributed by atoms with van der Waals surface area (Å²) in [6.45, 7) is 8.82. The van der Waals surface area contributed by atoms with Crippen molar-refractivity contribution in [1.29, 1.82) is 0 Å². The van der Waals surface area contributed by atoms with Crippen molar-refractivity contribution in [1.82, 2.24) is 4.72 Å². The van der Waals surface area contributed by atoms with E-state index in [4.69, 9.17) is 9.47 Å². The number of ether oxygens (including phenoxy) is 2. The first-order valence-corrected chi connectivity index (χ1v) is 9.76. The fraction of sp³-hybridized carbons (Fsp3) is 0.368. The predicted molar refractivity (Wildman–Crippen MR) is 96.8 cm³/mol. The topological polar surface area (TPSA) is 64.6 Å². The van der Waals surface area contributed by atoms with Crippen LogP contribution in [0.15, 0.2) is 35.2 Å². The van der Waals surface area contributed by atoms with Crippen LogP contribution in [-0.2, 0) is 10.0 Å². The molecular weight excluding hydrogens is 338 g/mol. The second-order valence-corrected chi connectivity index (χ2v) is 8.16. The van der Waals surface area contributed by atoms with Gasteiger partial charge in [0.25, 0.3) is 0 Å². The minimum atomic E-state index is -3.67. The third kappa shape index (κ3) is 3.65. The molecule has 1 aliphatic rings. The summed E-state index contributed by atoms with van der Waals surface area (Å²) in [4.78, 5) is 0.171. The van der Waals surface area contributed by atoms with Crippen LogP contribution in [0.5, 0.6) is 11.5 Å². The van der Waals surface area contributed by atoms with Crippen molar-refractivity contribution in [3.8, 4) is 11.5 Å². The number of hydrogen-bond donors (Lipinski definition) is 1. The van der Waals surface area contributed by atoms with E-state index in [1.165, 1.54) is 17.7 Å². The summed E-state index contributed by atoms with van der Waals surface area (Å²) in [7, 11) is -3.67. The van der Waals surface area contributed by atoms with Crippen LogP contribution in [0.4, 0.5) is 0 Å². The minimum absolute atomic E-state index is 0.171. The fourth-order valence-corrected chi connectivity index (χ4v) is 4.24. The van der Waals surface area contributed by atoms with Crippen molar-refractivity contribution in [3.63, 3.8) is 0 Å². The SMILES string of the molecule is Cc1cc(C)c([C@@H](C)NS(=O)(=O)c2ccc3c(c2)OCCO3)cc1C. The zero-order valence-electron chi connectivity index (χ0n) is 14.9. The average molecular weight is 361 g/mol. The molecule has 2 aromatic carbocycles. The molecular formula is C19H23NO4S. The molecule has 0 radical (unpaired) electrons. The van der Waals surface area contributed by atoms with Crippen LogP contribution in [-0.4, -0.2) is 21.6 Å². The standard InChI is InChI=1S/C19H23NO4S/c1-12-9-14(3)17(10-13(12)2)15(4)20-25(21,22)16-5-6-18-19(11-16)24-8-7-23-18/h5-6,9-11,15,20H,7-8H2,1-4H3/t15-/m1/s1. The Labute approximate surface area is 149 Å². The highest BCUT2D eigenvalue weighted by Gasteiger charge is 2.22. The number of benzene rings is 2. The molecule has 0 fully saturated rings. The minimum Gasteiger partial charge on any atom is -0.486 e. The monoisotopic (exact) mass is 361 g/mol. The molecule has 1 aliphatic heterocycles. The van der Waals surface area contributed by atoms with Crippen LogP contribution in [0.3, 0.4) is 0 Å². The Kier molecular flexibility index (Phi) is 4.75. The Bertz CT molecular complexity index is 906. The molecule has 1 heterocycles. The summed E-state index contributed by atoms with van der Waals surface area (Å²) in [5, 5.41) is 0. The van der Waals surface area contributed by atoms with E-state index in [1.54, 1.807) is 6.07 Å². The van der Waals surface area contributed by atoms with Gasteiger partial charge in [-0.3, -0.25) is 0 Å². The van der Waals surface area contributed by atoms with Gasteiger partial charge in [-0.25, -0.2) is 13.1 Å². The van der Waals surface area contributed by atoms with Gasteiger partial charge in [-0.15, -0.1) is 0 Å². The lowest BCUT2D eigenvalue weighted by Gasteiger charge is -2.21. The van der Waals surface area contributed by atoms with E-state index in [9.17, 15) is 8.42 Å². The van der Waals surface area contributed by atoms with E-state index in [1.807, 2.05) is 26.8 Å².